The first-order valence-electron chi connectivity index (χ1n) is 7.42. The van der Waals surface area contributed by atoms with E-state index in [-0.39, 0.29) is 23.7 Å². The Morgan fingerprint density at radius 1 is 1.29 bits per heavy atom. The number of piperidine rings is 1. The lowest BCUT2D eigenvalue weighted by Crippen LogP contribution is -2.51. The van der Waals surface area contributed by atoms with E-state index in [2.05, 4.69) is 17.6 Å². The fraction of sp³-hybridized carbons (Fsp3) is 0.353. The fourth-order valence-electron chi connectivity index (χ4n) is 2.93. The highest BCUT2D eigenvalue weighted by Crippen LogP contribution is 2.28. The maximum absolute atomic E-state index is 12.4. The predicted octanol–water partition coefficient (Wildman–Crippen LogP) is 2.42. The normalized spacial score (nSPS) is 22.1. The number of phenolic OH excluding ortho intramolecular Hbond substituents is 1. The Labute approximate surface area is 124 Å². The van der Waals surface area contributed by atoms with E-state index in [0.717, 1.165) is 24.8 Å². The minimum absolute atomic E-state index is 0.0574. The zero-order valence-corrected chi connectivity index (χ0v) is 12.1. The fourth-order valence-corrected chi connectivity index (χ4v) is 2.93. The van der Waals surface area contributed by atoms with E-state index < -0.39 is 0 Å². The van der Waals surface area contributed by atoms with Crippen LogP contribution in [0, 0.1) is 0 Å². The van der Waals surface area contributed by atoms with Crippen LogP contribution in [0.2, 0.25) is 0 Å². The van der Waals surface area contributed by atoms with E-state index in [9.17, 15) is 9.90 Å². The van der Waals surface area contributed by atoms with Crippen LogP contribution >= 0.6 is 0 Å². The second-order valence-electron chi connectivity index (χ2n) is 5.65. The lowest BCUT2D eigenvalue weighted by atomic mass is 9.99. The van der Waals surface area contributed by atoms with Crippen molar-refractivity contribution in [2.24, 2.45) is 0 Å². The standard InChI is InChI=1S/C17H20N2O2/c1-11-15(7-4-10-18-11)19-17(21)14-9-8-12-5-2-3-6-13(12)16(14)20/h2-3,5-6,8-9,11,15,18,20H,4,7,10H2,1H3,(H,19,21). The van der Waals surface area contributed by atoms with Crippen molar-refractivity contribution in [1.82, 2.24) is 10.6 Å². The van der Waals surface area contributed by atoms with Gasteiger partial charge in [-0.05, 0) is 37.8 Å². The topological polar surface area (TPSA) is 61.4 Å². The monoisotopic (exact) mass is 284 g/mol. The van der Waals surface area contributed by atoms with Gasteiger partial charge in [-0.2, -0.15) is 0 Å². The number of fused-ring (bicyclic) bond motifs is 1. The van der Waals surface area contributed by atoms with Crippen LogP contribution < -0.4 is 10.6 Å². The molecule has 0 aromatic heterocycles. The second kappa shape index (κ2) is 5.74. The van der Waals surface area contributed by atoms with Gasteiger partial charge in [0.25, 0.3) is 5.91 Å². The SMILES string of the molecule is CC1NCCCC1NC(=O)c1ccc2ccccc2c1O. The quantitative estimate of drug-likeness (QED) is 0.793. The van der Waals surface area contributed by atoms with Gasteiger partial charge in [-0.3, -0.25) is 4.79 Å². The van der Waals surface area contributed by atoms with Gasteiger partial charge in [-0.25, -0.2) is 0 Å². The van der Waals surface area contributed by atoms with Gasteiger partial charge >= 0.3 is 0 Å². The van der Waals surface area contributed by atoms with E-state index >= 15 is 0 Å². The summed E-state index contributed by atoms with van der Waals surface area (Å²) in [4.78, 5) is 12.4. The smallest absolute Gasteiger partial charge is 0.255 e. The number of hydrogen-bond donors (Lipinski definition) is 3. The van der Waals surface area contributed by atoms with Gasteiger partial charge in [0.1, 0.15) is 5.75 Å². The van der Waals surface area contributed by atoms with E-state index in [1.54, 1.807) is 6.07 Å². The molecular weight excluding hydrogens is 264 g/mol. The molecule has 0 bridgehead atoms. The van der Waals surface area contributed by atoms with Crippen molar-refractivity contribution in [3.8, 4) is 5.75 Å². The van der Waals surface area contributed by atoms with E-state index in [1.165, 1.54) is 0 Å². The third-order valence-electron chi connectivity index (χ3n) is 4.22. The zero-order valence-electron chi connectivity index (χ0n) is 12.1. The summed E-state index contributed by atoms with van der Waals surface area (Å²) < 4.78 is 0. The molecule has 0 saturated carbocycles. The summed E-state index contributed by atoms with van der Waals surface area (Å²) in [7, 11) is 0. The summed E-state index contributed by atoms with van der Waals surface area (Å²) in [6.07, 6.45) is 2.02. The number of hydrogen-bond acceptors (Lipinski definition) is 3. The summed E-state index contributed by atoms with van der Waals surface area (Å²) in [5.74, 6) is -0.152. The molecule has 2 aromatic rings. The van der Waals surface area contributed by atoms with Gasteiger partial charge in [-0.15, -0.1) is 0 Å². The molecule has 2 aromatic carbocycles. The van der Waals surface area contributed by atoms with E-state index in [1.807, 2.05) is 30.3 Å². The Morgan fingerprint density at radius 3 is 2.90 bits per heavy atom. The van der Waals surface area contributed by atoms with Gasteiger partial charge < -0.3 is 15.7 Å². The molecule has 0 radical (unpaired) electrons. The number of nitrogens with one attached hydrogen (secondary N) is 2. The van der Waals surface area contributed by atoms with E-state index in [0.29, 0.717) is 10.9 Å². The molecule has 1 aliphatic heterocycles. The number of phenols is 1. The average molecular weight is 284 g/mol. The van der Waals surface area contributed by atoms with Gasteiger partial charge in [0.2, 0.25) is 0 Å². The Bertz CT molecular complexity index is 669. The van der Waals surface area contributed by atoms with Crippen LogP contribution in [0.1, 0.15) is 30.1 Å². The summed E-state index contributed by atoms with van der Waals surface area (Å²) in [5, 5.41) is 18.4. The first kappa shape index (κ1) is 13.9. The van der Waals surface area contributed by atoms with Gasteiger partial charge in [0, 0.05) is 17.5 Å². The average Bonchev–Trinajstić information content (AvgIpc) is 2.50. The molecule has 0 aliphatic carbocycles. The first-order valence-corrected chi connectivity index (χ1v) is 7.42. The van der Waals surface area contributed by atoms with Gasteiger partial charge in [-0.1, -0.05) is 30.3 Å². The minimum Gasteiger partial charge on any atom is -0.506 e. The maximum Gasteiger partial charge on any atom is 0.255 e. The molecule has 1 heterocycles. The summed E-state index contributed by atoms with van der Waals surface area (Å²) in [6.45, 7) is 3.07. The van der Waals surface area contributed by atoms with Crippen LogP contribution in [0.15, 0.2) is 36.4 Å². The third-order valence-corrected chi connectivity index (χ3v) is 4.22. The van der Waals surface area contributed by atoms with Crippen molar-refractivity contribution < 1.29 is 9.90 Å². The van der Waals surface area contributed by atoms with Crippen molar-refractivity contribution >= 4 is 16.7 Å². The lowest BCUT2D eigenvalue weighted by Gasteiger charge is -2.30. The molecule has 4 nitrogen and oxygen atoms in total. The molecule has 110 valence electrons. The van der Waals surface area contributed by atoms with Gasteiger partial charge in [0.05, 0.1) is 5.56 Å². The molecule has 21 heavy (non-hydrogen) atoms. The van der Waals surface area contributed by atoms with Crippen molar-refractivity contribution in [1.29, 1.82) is 0 Å². The molecule has 3 rings (SSSR count). The van der Waals surface area contributed by atoms with Crippen LogP contribution in [0.3, 0.4) is 0 Å². The largest absolute Gasteiger partial charge is 0.506 e. The van der Waals surface area contributed by atoms with Crippen molar-refractivity contribution in [2.45, 2.75) is 31.8 Å². The molecule has 0 spiro atoms. The summed E-state index contributed by atoms with van der Waals surface area (Å²) in [5.41, 5.74) is 0.339. The zero-order chi connectivity index (χ0) is 14.8. The molecule has 2 atom stereocenters. The van der Waals surface area contributed by atoms with Crippen LogP contribution in [-0.4, -0.2) is 29.6 Å². The summed E-state index contributed by atoms with van der Waals surface area (Å²) >= 11 is 0. The Hall–Kier alpha value is -2.07. The highest BCUT2D eigenvalue weighted by molar-refractivity contribution is 6.03. The number of carbonyl (C=O) groups excluding carboxylic acids is 1. The molecule has 1 fully saturated rings. The third kappa shape index (κ3) is 2.72. The second-order valence-corrected chi connectivity index (χ2v) is 5.65. The molecule has 1 amide bonds. The number of benzene rings is 2. The first-order chi connectivity index (χ1) is 10.2. The molecule has 4 heteroatoms. The molecular formula is C17H20N2O2. The molecule has 3 N–H and O–H groups in total. The van der Waals surface area contributed by atoms with Crippen LogP contribution in [0.5, 0.6) is 5.75 Å². The molecule has 2 unspecified atom stereocenters. The predicted molar refractivity (Wildman–Crippen MR) is 83.6 cm³/mol. The Balaban J connectivity index is 1.86. The van der Waals surface area contributed by atoms with Crippen LogP contribution in [0.4, 0.5) is 0 Å². The number of amides is 1. The van der Waals surface area contributed by atoms with Crippen LogP contribution in [-0.2, 0) is 0 Å². The summed E-state index contributed by atoms with van der Waals surface area (Å²) in [6, 6.07) is 11.4. The number of carbonyl (C=O) groups is 1. The Morgan fingerprint density at radius 2 is 2.10 bits per heavy atom. The van der Waals surface area contributed by atoms with Crippen molar-refractivity contribution in [2.75, 3.05) is 6.54 Å². The lowest BCUT2D eigenvalue weighted by molar-refractivity contribution is 0.0917. The maximum atomic E-state index is 12.4. The van der Waals surface area contributed by atoms with Crippen LogP contribution in [0.25, 0.3) is 10.8 Å². The minimum atomic E-state index is -0.209. The van der Waals surface area contributed by atoms with Crippen molar-refractivity contribution in [3.05, 3.63) is 42.0 Å². The van der Waals surface area contributed by atoms with Gasteiger partial charge in [0.15, 0.2) is 0 Å². The highest BCUT2D eigenvalue weighted by Gasteiger charge is 2.24. The number of rotatable bonds is 2. The molecule has 1 aliphatic rings. The van der Waals surface area contributed by atoms with E-state index in [4.69, 9.17) is 0 Å². The Kier molecular flexibility index (Phi) is 3.80. The number of aromatic hydroxyl groups is 1. The highest BCUT2D eigenvalue weighted by atomic mass is 16.3. The van der Waals surface area contributed by atoms with Crippen molar-refractivity contribution in [3.63, 3.8) is 0 Å². The molecule has 1 saturated heterocycles.